The van der Waals surface area contributed by atoms with Crippen molar-refractivity contribution < 1.29 is 0 Å². The molecule has 0 aromatic heterocycles. The fourth-order valence-corrected chi connectivity index (χ4v) is 8.35. The first-order chi connectivity index (χ1) is 11.9. The van der Waals surface area contributed by atoms with E-state index in [4.69, 9.17) is 0 Å². The maximum Gasteiger partial charge on any atom is 0.0326 e. The van der Waals surface area contributed by atoms with Gasteiger partial charge in [0.25, 0.3) is 0 Å². The SMILES string of the molecule is C1=C2C3=C(C1)C1C4=CCC5=C4c4c1c3c1c3c4C5C4=CCC(=C43)C21. The van der Waals surface area contributed by atoms with Crippen LogP contribution in [0.1, 0.15) is 70.4 Å². The first kappa shape index (κ1) is 9.84. The summed E-state index contributed by atoms with van der Waals surface area (Å²) in [7, 11) is 0. The van der Waals surface area contributed by atoms with Crippen LogP contribution in [0.4, 0.5) is 0 Å². The zero-order valence-corrected chi connectivity index (χ0v) is 13.1. The van der Waals surface area contributed by atoms with E-state index in [1.807, 2.05) is 0 Å². The van der Waals surface area contributed by atoms with Crippen LogP contribution in [0.5, 0.6) is 0 Å². The normalized spacial score (nSPS) is 36.5. The summed E-state index contributed by atoms with van der Waals surface area (Å²) in [5, 5.41) is 0. The third kappa shape index (κ3) is 0.580. The average molecular weight is 300 g/mol. The molecule has 0 radical (unpaired) electrons. The molecule has 3 atom stereocenters. The maximum absolute atomic E-state index is 2.60. The molecule has 10 rings (SSSR count). The topological polar surface area (TPSA) is 0 Å². The molecule has 0 saturated carbocycles. The molecule has 9 aliphatic rings. The molecule has 0 amide bonds. The molecule has 0 heterocycles. The summed E-state index contributed by atoms with van der Waals surface area (Å²) in [6, 6.07) is 0. The minimum atomic E-state index is 0.649. The number of benzene rings is 1. The summed E-state index contributed by atoms with van der Waals surface area (Å²) < 4.78 is 0. The van der Waals surface area contributed by atoms with Crippen LogP contribution in [-0.4, -0.2) is 0 Å². The molecule has 1 aromatic rings. The van der Waals surface area contributed by atoms with Gasteiger partial charge in [-0.1, -0.05) is 18.2 Å². The molecular formula is C24H12. The van der Waals surface area contributed by atoms with E-state index in [0.717, 1.165) is 0 Å². The Kier molecular flexibility index (Phi) is 0.984. The third-order valence-corrected chi connectivity index (χ3v) is 8.67. The van der Waals surface area contributed by atoms with Gasteiger partial charge >= 0.3 is 0 Å². The van der Waals surface area contributed by atoms with E-state index < -0.39 is 0 Å². The van der Waals surface area contributed by atoms with Crippen molar-refractivity contribution in [2.45, 2.75) is 37.0 Å². The zero-order chi connectivity index (χ0) is 14.6. The minimum absolute atomic E-state index is 0.649. The number of hydrogen-bond acceptors (Lipinski definition) is 0. The van der Waals surface area contributed by atoms with Crippen molar-refractivity contribution in [1.29, 1.82) is 0 Å². The smallest absolute Gasteiger partial charge is 0.0326 e. The van der Waals surface area contributed by atoms with Crippen molar-refractivity contribution in [3.63, 3.8) is 0 Å². The van der Waals surface area contributed by atoms with E-state index in [1.165, 1.54) is 19.3 Å². The largest absolute Gasteiger partial charge is 0.0756 e. The van der Waals surface area contributed by atoms with Crippen LogP contribution in [0, 0.1) is 0 Å². The third-order valence-electron chi connectivity index (χ3n) is 8.67. The highest BCUT2D eigenvalue weighted by Gasteiger charge is 2.62. The molecule has 24 heavy (non-hydrogen) atoms. The Morgan fingerprint density at radius 1 is 0.500 bits per heavy atom. The Balaban J connectivity index is 1.61. The Hall–Kier alpha value is -2.34. The zero-order valence-electron chi connectivity index (χ0n) is 13.1. The van der Waals surface area contributed by atoms with Crippen molar-refractivity contribution in [1.82, 2.24) is 0 Å². The molecule has 0 bridgehead atoms. The predicted molar refractivity (Wildman–Crippen MR) is 93.5 cm³/mol. The summed E-state index contributed by atoms with van der Waals surface area (Å²) in [5.74, 6) is 1.95. The Labute approximate surface area is 139 Å². The highest BCUT2D eigenvalue weighted by Crippen LogP contribution is 2.79. The molecule has 0 heteroatoms. The van der Waals surface area contributed by atoms with Crippen LogP contribution in [0.3, 0.4) is 0 Å². The highest BCUT2D eigenvalue weighted by atomic mass is 14.6. The van der Waals surface area contributed by atoms with Gasteiger partial charge in [0.2, 0.25) is 0 Å². The highest BCUT2D eigenvalue weighted by molar-refractivity contribution is 6.17. The van der Waals surface area contributed by atoms with E-state index >= 15 is 0 Å². The van der Waals surface area contributed by atoms with Crippen LogP contribution in [0.25, 0.3) is 16.7 Å². The maximum atomic E-state index is 2.60. The molecule has 0 aliphatic heterocycles. The second-order valence-electron chi connectivity index (χ2n) is 8.96. The molecule has 9 aliphatic carbocycles. The van der Waals surface area contributed by atoms with Crippen LogP contribution >= 0.6 is 0 Å². The molecule has 0 saturated heterocycles. The second kappa shape index (κ2) is 2.40. The van der Waals surface area contributed by atoms with E-state index in [2.05, 4.69) is 18.2 Å². The van der Waals surface area contributed by atoms with Crippen LogP contribution in [0.15, 0.2) is 51.7 Å². The van der Waals surface area contributed by atoms with Gasteiger partial charge in [0, 0.05) is 17.8 Å². The number of rotatable bonds is 0. The summed E-state index contributed by atoms with van der Waals surface area (Å²) in [6.07, 6.45) is 11.5. The molecule has 0 N–H and O–H groups in total. The lowest BCUT2D eigenvalue weighted by Gasteiger charge is -2.16. The van der Waals surface area contributed by atoms with Gasteiger partial charge in [-0.2, -0.15) is 0 Å². The van der Waals surface area contributed by atoms with Gasteiger partial charge in [-0.05, 0) is 103 Å². The minimum Gasteiger partial charge on any atom is -0.0756 e. The monoisotopic (exact) mass is 300 g/mol. The van der Waals surface area contributed by atoms with Gasteiger partial charge in [-0.25, -0.2) is 0 Å². The van der Waals surface area contributed by atoms with Crippen molar-refractivity contribution >= 4 is 16.7 Å². The summed E-state index contributed by atoms with van der Waals surface area (Å²) in [4.78, 5) is 0. The standard InChI is InChI=1S/C24H12/c1-2-8-13-7(1)16-9-3-4-11-14(9)20-22(16)19(13)23-17(8)10-5-6-12-15(10)21(23)24(20)18(11)12/h1,4-5,16-18H,2-3,6H2. The van der Waals surface area contributed by atoms with Crippen molar-refractivity contribution in [3.8, 4) is 0 Å². The molecule has 1 aromatic carbocycles. The quantitative estimate of drug-likeness (QED) is 0.612. The van der Waals surface area contributed by atoms with Gasteiger partial charge in [0.05, 0.1) is 0 Å². The first-order valence-electron chi connectivity index (χ1n) is 9.50. The molecule has 108 valence electrons. The van der Waals surface area contributed by atoms with Crippen LogP contribution in [0.2, 0.25) is 0 Å². The molecule has 0 nitrogen and oxygen atoms in total. The van der Waals surface area contributed by atoms with E-state index in [-0.39, 0.29) is 0 Å². The average Bonchev–Trinajstić information content (AvgIpc) is 3.32. The number of allylic oxidation sites excluding steroid dienone is 12. The lowest BCUT2D eigenvalue weighted by molar-refractivity contribution is 0.953. The first-order valence-corrected chi connectivity index (χ1v) is 9.50. The fraction of sp³-hybridized carbons (Fsp3) is 0.250. The predicted octanol–water partition coefficient (Wildman–Crippen LogP) is 5.27. The second-order valence-corrected chi connectivity index (χ2v) is 8.96. The molecule has 0 spiro atoms. The Morgan fingerprint density at radius 3 is 1.17 bits per heavy atom. The van der Waals surface area contributed by atoms with Gasteiger partial charge in [-0.15, -0.1) is 0 Å². The van der Waals surface area contributed by atoms with Crippen LogP contribution in [-0.2, 0) is 0 Å². The molecule has 0 fully saturated rings. The lowest BCUT2D eigenvalue weighted by Crippen LogP contribution is -2.02. The fourth-order valence-electron chi connectivity index (χ4n) is 8.35. The van der Waals surface area contributed by atoms with Gasteiger partial charge in [0.1, 0.15) is 0 Å². The van der Waals surface area contributed by atoms with Gasteiger partial charge < -0.3 is 0 Å². The van der Waals surface area contributed by atoms with E-state index in [1.54, 1.807) is 83.5 Å². The lowest BCUT2D eigenvalue weighted by atomic mass is 9.86. The van der Waals surface area contributed by atoms with Crippen LogP contribution < -0.4 is 0 Å². The summed E-state index contributed by atoms with van der Waals surface area (Å²) >= 11 is 0. The van der Waals surface area contributed by atoms with E-state index in [0.29, 0.717) is 17.8 Å². The van der Waals surface area contributed by atoms with E-state index in [9.17, 15) is 0 Å². The number of hydrogen-bond donors (Lipinski definition) is 0. The summed E-state index contributed by atoms with van der Waals surface area (Å²) in [6.45, 7) is 0. The Bertz CT molecular complexity index is 1130. The number of fused-ring (bicyclic) bond motifs is 6. The van der Waals surface area contributed by atoms with Gasteiger partial charge in [-0.3, -0.25) is 0 Å². The summed E-state index contributed by atoms with van der Waals surface area (Å²) in [5.41, 5.74) is 26.1. The molecule has 3 unspecified atom stereocenters. The Morgan fingerprint density at radius 2 is 0.833 bits per heavy atom. The van der Waals surface area contributed by atoms with Crippen molar-refractivity contribution in [2.24, 2.45) is 0 Å². The van der Waals surface area contributed by atoms with Crippen molar-refractivity contribution in [2.75, 3.05) is 0 Å². The van der Waals surface area contributed by atoms with Crippen molar-refractivity contribution in [3.05, 3.63) is 85.0 Å². The molecular weight excluding hydrogens is 288 g/mol. The van der Waals surface area contributed by atoms with Gasteiger partial charge in [0.15, 0.2) is 0 Å².